The third kappa shape index (κ3) is 4.42. The lowest BCUT2D eigenvalue weighted by molar-refractivity contribution is -0.662. The van der Waals surface area contributed by atoms with Gasteiger partial charge in [0.1, 0.15) is 29.8 Å². The Bertz CT molecular complexity index is 1560. The van der Waals surface area contributed by atoms with Gasteiger partial charge in [0.05, 0.1) is 6.20 Å². The number of carboxylic acid groups (broad SMARTS) is 1. The number of anilines is 2. The van der Waals surface area contributed by atoms with Gasteiger partial charge in [0.25, 0.3) is 17.6 Å². The number of hydrogen-bond donors (Lipinski definition) is 4. The molecule has 0 spiro atoms. The number of aromatic nitrogens is 5. The summed E-state index contributed by atoms with van der Waals surface area (Å²) >= 11 is 2.25. The van der Waals surface area contributed by atoms with Crippen LogP contribution < -0.4 is 21.4 Å². The molecule has 2 aliphatic heterocycles. The third-order valence-electron chi connectivity index (χ3n) is 6.67. The Kier molecular flexibility index (Phi) is 6.30. The lowest BCUT2D eigenvalue weighted by Gasteiger charge is -2.49. The maximum atomic E-state index is 13.2. The van der Waals surface area contributed by atoms with Crippen molar-refractivity contribution in [2.24, 2.45) is 5.16 Å². The normalized spacial score (nSPS) is 21.4. The number of carbonyl (C=O) groups is 3. The molecule has 3 aromatic heterocycles. The first kappa shape index (κ1) is 25.1. The molecule has 0 unspecified atom stereocenters. The molecule has 6 rings (SSSR count). The van der Waals surface area contributed by atoms with Crippen LogP contribution in [0.15, 0.2) is 41.0 Å². The SMILES string of the molecule is Nc1nc(/C(=N/OC2CCC2)C(=O)N[C@@H]2C(=O)N3C(C(=O)O)=C(C[n+]4cc(N)n5ncccc54)CS[C@H]23)ns1. The molecule has 1 saturated heterocycles. The molecule has 0 aromatic carbocycles. The highest BCUT2D eigenvalue weighted by Crippen LogP contribution is 2.40. The van der Waals surface area contributed by atoms with Crippen molar-refractivity contribution >= 4 is 63.4 Å². The van der Waals surface area contributed by atoms with Crippen LogP contribution in [0.3, 0.4) is 0 Å². The van der Waals surface area contributed by atoms with Gasteiger partial charge < -0.3 is 26.7 Å². The Hall–Kier alpha value is -4.25. The zero-order chi connectivity index (χ0) is 27.3. The van der Waals surface area contributed by atoms with Crippen LogP contribution in [0.1, 0.15) is 25.1 Å². The van der Waals surface area contributed by atoms with E-state index in [0.717, 1.165) is 30.8 Å². The number of carboxylic acids is 1. The number of amides is 2. The van der Waals surface area contributed by atoms with Gasteiger partial charge in [-0.15, -0.1) is 11.8 Å². The Labute approximate surface area is 228 Å². The Balaban J connectivity index is 1.22. The number of oxime groups is 1. The molecule has 3 aromatic rings. The highest BCUT2D eigenvalue weighted by molar-refractivity contribution is 8.00. The third-order valence-corrected chi connectivity index (χ3v) is 8.55. The molecule has 15 nitrogen and oxygen atoms in total. The number of imidazole rings is 1. The number of rotatable bonds is 8. The molecule has 1 aliphatic carbocycles. The smallest absolute Gasteiger partial charge is 0.352 e. The molecule has 3 aliphatic rings. The highest BCUT2D eigenvalue weighted by Gasteiger charge is 2.54. The van der Waals surface area contributed by atoms with Gasteiger partial charge in [0, 0.05) is 28.9 Å². The molecule has 39 heavy (non-hydrogen) atoms. The van der Waals surface area contributed by atoms with Crippen LogP contribution in [-0.4, -0.2) is 75.7 Å². The van der Waals surface area contributed by atoms with Gasteiger partial charge in [-0.1, -0.05) is 14.8 Å². The Morgan fingerprint density at radius 2 is 2.15 bits per heavy atom. The minimum absolute atomic E-state index is 0.00626. The number of nitrogens with one attached hydrogen (secondary N) is 1. The largest absolute Gasteiger partial charge is 0.477 e. The van der Waals surface area contributed by atoms with Crippen LogP contribution in [0, 0.1) is 0 Å². The minimum Gasteiger partial charge on any atom is -0.477 e. The summed E-state index contributed by atoms with van der Waals surface area (Å²) in [7, 11) is 0. The van der Waals surface area contributed by atoms with Crippen molar-refractivity contribution in [3.63, 3.8) is 0 Å². The van der Waals surface area contributed by atoms with E-state index in [0.29, 0.717) is 22.8 Å². The van der Waals surface area contributed by atoms with E-state index in [1.165, 1.54) is 16.7 Å². The molecule has 6 N–H and O–H groups in total. The summed E-state index contributed by atoms with van der Waals surface area (Å²) in [6.45, 7) is 0.195. The number of nitrogen functional groups attached to an aromatic ring is 2. The van der Waals surface area contributed by atoms with Gasteiger partial charge in [-0.3, -0.25) is 14.5 Å². The van der Waals surface area contributed by atoms with E-state index >= 15 is 0 Å². The van der Waals surface area contributed by atoms with Gasteiger partial charge in [0.2, 0.25) is 11.5 Å². The Morgan fingerprint density at radius 3 is 2.85 bits per heavy atom. The van der Waals surface area contributed by atoms with Crippen molar-refractivity contribution in [3.8, 4) is 0 Å². The molecule has 1 saturated carbocycles. The van der Waals surface area contributed by atoms with Crippen molar-refractivity contribution < 1.29 is 28.9 Å². The number of carbonyl (C=O) groups excluding carboxylic acids is 2. The van der Waals surface area contributed by atoms with Gasteiger partial charge in [-0.05, 0) is 25.3 Å². The number of thioether (sulfide) groups is 1. The Morgan fingerprint density at radius 1 is 1.33 bits per heavy atom. The number of aliphatic carboxylic acids is 1. The molecule has 0 bridgehead atoms. The van der Waals surface area contributed by atoms with Crippen molar-refractivity contribution in [1.82, 2.24) is 29.2 Å². The molecule has 202 valence electrons. The lowest BCUT2D eigenvalue weighted by atomic mass is 9.97. The van der Waals surface area contributed by atoms with Gasteiger partial charge in [-0.25, -0.2) is 9.36 Å². The number of β-lactam (4-membered cyclic amide) rings is 1. The molecule has 17 heteroatoms. The molecule has 2 fully saturated rings. The zero-order valence-corrected chi connectivity index (χ0v) is 21.9. The van der Waals surface area contributed by atoms with Crippen molar-refractivity contribution in [2.75, 3.05) is 17.2 Å². The summed E-state index contributed by atoms with van der Waals surface area (Å²) < 4.78 is 7.37. The van der Waals surface area contributed by atoms with E-state index < -0.39 is 29.2 Å². The van der Waals surface area contributed by atoms with Crippen molar-refractivity contribution in [3.05, 3.63) is 41.6 Å². The van der Waals surface area contributed by atoms with E-state index in [4.69, 9.17) is 16.3 Å². The first-order chi connectivity index (χ1) is 18.8. The number of hydrogen-bond acceptors (Lipinski definition) is 12. The van der Waals surface area contributed by atoms with Crippen LogP contribution >= 0.6 is 23.3 Å². The quantitative estimate of drug-likeness (QED) is 0.116. The zero-order valence-electron chi connectivity index (χ0n) is 20.3. The topological polar surface area (TPSA) is 207 Å². The van der Waals surface area contributed by atoms with Crippen molar-refractivity contribution in [1.29, 1.82) is 0 Å². The van der Waals surface area contributed by atoms with Crippen LogP contribution in [0.5, 0.6) is 0 Å². The van der Waals surface area contributed by atoms with Crippen molar-refractivity contribution in [2.45, 2.75) is 43.3 Å². The highest BCUT2D eigenvalue weighted by atomic mass is 32.2. The van der Waals surface area contributed by atoms with Crippen LogP contribution in [0.25, 0.3) is 5.65 Å². The van der Waals surface area contributed by atoms with E-state index in [9.17, 15) is 19.5 Å². The fourth-order valence-corrected chi connectivity index (χ4v) is 6.30. The fourth-order valence-electron chi connectivity index (χ4n) is 4.53. The monoisotopic (exact) mass is 571 g/mol. The average molecular weight is 572 g/mol. The van der Waals surface area contributed by atoms with E-state index in [-0.39, 0.29) is 35.0 Å². The first-order valence-corrected chi connectivity index (χ1v) is 13.8. The summed E-state index contributed by atoms with van der Waals surface area (Å²) in [5, 5.41) is 20.4. The lowest BCUT2D eigenvalue weighted by Crippen LogP contribution is -2.71. The average Bonchev–Trinajstić information content (AvgIpc) is 3.46. The molecule has 0 radical (unpaired) electrons. The summed E-state index contributed by atoms with van der Waals surface area (Å²) in [6.07, 6.45) is 5.83. The summed E-state index contributed by atoms with van der Waals surface area (Å²) in [5.74, 6) is -1.79. The minimum atomic E-state index is -1.23. The molecule has 5 heterocycles. The summed E-state index contributed by atoms with van der Waals surface area (Å²) in [6, 6.07) is 2.59. The predicted octanol–water partition coefficient (Wildman–Crippen LogP) is -0.650. The predicted molar refractivity (Wildman–Crippen MR) is 139 cm³/mol. The molecular weight excluding hydrogens is 548 g/mol. The molecule has 2 amide bonds. The standard InChI is InChI=1S/C22H22N10O5S2/c23-12-8-30(13-5-2-6-25-32(12)13)7-10-9-38-20-15(19(34)31(20)16(10)21(35)36)26-18(33)14(17-27-22(24)39-29-17)28-37-11-3-1-4-11/h2,5-6,8,11,15,20H,1,3-4,7,9H2,(H5-,23,24,25,26,27,29,33,35,36)/p+1/b28-14-/t15-,20-/m1/s1. The second-order valence-electron chi connectivity index (χ2n) is 9.15. The maximum absolute atomic E-state index is 13.2. The summed E-state index contributed by atoms with van der Waals surface area (Å²) in [4.78, 5) is 49.3. The van der Waals surface area contributed by atoms with Gasteiger partial charge >= 0.3 is 11.6 Å². The van der Waals surface area contributed by atoms with E-state index in [2.05, 4.69) is 24.9 Å². The van der Waals surface area contributed by atoms with Crippen LogP contribution in [-0.2, 0) is 25.8 Å². The molecular formula is C22H23N10O5S2+. The number of fused-ring (bicyclic) bond motifs is 2. The number of nitrogens with zero attached hydrogens (tertiary/aromatic N) is 7. The van der Waals surface area contributed by atoms with Crippen LogP contribution in [0.4, 0.5) is 10.9 Å². The van der Waals surface area contributed by atoms with Gasteiger partial charge in [0.15, 0.2) is 11.3 Å². The maximum Gasteiger partial charge on any atom is 0.352 e. The summed E-state index contributed by atoms with van der Waals surface area (Å²) in [5.41, 5.74) is 12.6. The number of nitrogens with two attached hydrogens (primary N) is 2. The second-order valence-corrected chi connectivity index (χ2v) is 11.0. The molecule has 2 atom stereocenters. The second kappa shape index (κ2) is 9.81. The van der Waals surface area contributed by atoms with E-state index in [1.54, 1.807) is 27.5 Å². The van der Waals surface area contributed by atoms with Crippen LogP contribution in [0.2, 0.25) is 0 Å². The van der Waals surface area contributed by atoms with E-state index in [1.807, 2.05) is 6.07 Å². The van der Waals surface area contributed by atoms with Gasteiger partial charge in [-0.2, -0.15) is 9.36 Å². The first-order valence-electron chi connectivity index (χ1n) is 12.0. The fraction of sp³-hybridized carbons (Fsp3) is 0.364.